The average Bonchev–Trinajstić information content (AvgIpc) is 2.75. The van der Waals surface area contributed by atoms with Crippen LogP contribution < -0.4 is 0 Å². The maximum atomic E-state index is 10.8. The minimum absolute atomic E-state index is 0.423. The zero-order valence-electron chi connectivity index (χ0n) is 10.3. The summed E-state index contributed by atoms with van der Waals surface area (Å²) in [5.74, 6) is 0.658. The monoisotopic (exact) mass is 221 g/mol. The van der Waals surface area contributed by atoms with E-state index in [9.17, 15) is 10.4 Å². The van der Waals surface area contributed by atoms with Gasteiger partial charge in [0.2, 0.25) is 0 Å². The molecule has 90 valence electrons. The van der Waals surface area contributed by atoms with Crippen LogP contribution in [0.1, 0.15) is 64.7 Å². The van der Waals surface area contributed by atoms with Gasteiger partial charge in [0.05, 0.1) is 17.1 Å². The van der Waals surface area contributed by atoms with Crippen LogP contribution in [0, 0.1) is 22.7 Å². The highest BCUT2D eigenvalue weighted by atomic mass is 16.3. The molecule has 16 heavy (non-hydrogen) atoms. The second kappa shape index (κ2) is 4.37. The van der Waals surface area contributed by atoms with Gasteiger partial charge in [-0.3, -0.25) is 0 Å². The molecule has 2 saturated carbocycles. The van der Waals surface area contributed by atoms with Crippen molar-refractivity contribution in [2.45, 2.75) is 70.3 Å². The minimum atomic E-state index is -0.677. The Morgan fingerprint density at radius 3 is 2.44 bits per heavy atom. The molecule has 2 fully saturated rings. The Morgan fingerprint density at radius 1 is 1.25 bits per heavy atom. The summed E-state index contributed by atoms with van der Waals surface area (Å²) in [4.78, 5) is 0. The van der Waals surface area contributed by atoms with Crippen molar-refractivity contribution in [2.24, 2.45) is 11.3 Å². The lowest BCUT2D eigenvalue weighted by Gasteiger charge is -2.43. The van der Waals surface area contributed by atoms with E-state index in [4.69, 9.17) is 0 Å². The summed E-state index contributed by atoms with van der Waals surface area (Å²) in [7, 11) is 0. The SMILES string of the molecule is CCC1CCC(C#N)(C2(O)CCCCC2)C1. The molecule has 0 spiro atoms. The standard InChI is InChI=1S/C14H23NO/c1-2-12-6-9-13(10-12,11-15)14(16)7-4-3-5-8-14/h12,16H,2-10H2,1H3. The van der Waals surface area contributed by atoms with Gasteiger partial charge in [-0.15, -0.1) is 0 Å². The van der Waals surface area contributed by atoms with Crippen molar-refractivity contribution in [3.63, 3.8) is 0 Å². The van der Waals surface area contributed by atoms with Gasteiger partial charge in [0.1, 0.15) is 0 Å². The zero-order valence-corrected chi connectivity index (χ0v) is 10.3. The Bertz CT molecular complexity index is 288. The second-order valence-electron chi connectivity index (χ2n) is 5.80. The topological polar surface area (TPSA) is 44.0 Å². The molecule has 0 aromatic rings. The van der Waals surface area contributed by atoms with Gasteiger partial charge in [-0.25, -0.2) is 0 Å². The maximum Gasteiger partial charge on any atom is 0.0863 e. The molecule has 2 aliphatic rings. The van der Waals surface area contributed by atoms with E-state index < -0.39 is 11.0 Å². The van der Waals surface area contributed by atoms with Crippen molar-refractivity contribution < 1.29 is 5.11 Å². The Hall–Kier alpha value is -0.550. The van der Waals surface area contributed by atoms with E-state index >= 15 is 0 Å². The third-order valence-corrected chi connectivity index (χ3v) is 4.98. The fourth-order valence-corrected chi connectivity index (χ4v) is 3.74. The third-order valence-electron chi connectivity index (χ3n) is 4.98. The van der Waals surface area contributed by atoms with Crippen LogP contribution in [0.15, 0.2) is 0 Å². The molecule has 0 heterocycles. The van der Waals surface area contributed by atoms with Crippen LogP contribution in [0.2, 0.25) is 0 Å². The van der Waals surface area contributed by atoms with Gasteiger partial charge in [-0.05, 0) is 38.0 Å². The minimum Gasteiger partial charge on any atom is -0.388 e. The highest BCUT2D eigenvalue weighted by Crippen LogP contribution is 2.54. The molecule has 0 amide bonds. The smallest absolute Gasteiger partial charge is 0.0863 e. The van der Waals surface area contributed by atoms with Gasteiger partial charge < -0.3 is 5.11 Å². The van der Waals surface area contributed by atoms with Crippen molar-refractivity contribution in [2.75, 3.05) is 0 Å². The van der Waals surface area contributed by atoms with E-state index in [0.29, 0.717) is 5.92 Å². The van der Waals surface area contributed by atoms with E-state index in [1.807, 2.05) is 0 Å². The lowest BCUT2D eigenvalue weighted by Crippen LogP contribution is -2.47. The molecule has 2 nitrogen and oxygen atoms in total. The van der Waals surface area contributed by atoms with Crippen LogP contribution in [0.5, 0.6) is 0 Å². The molecule has 0 radical (unpaired) electrons. The first-order valence-electron chi connectivity index (χ1n) is 6.79. The fourth-order valence-electron chi connectivity index (χ4n) is 3.74. The fraction of sp³-hybridized carbons (Fsp3) is 0.929. The summed E-state index contributed by atoms with van der Waals surface area (Å²) < 4.78 is 0. The van der Waals surface area contributed by atoms with Crippen LogP contribution in [0.3, 0.4) is 0 Å². The number of hydrogen-bond donors (Lipinski definition) is 1. The molecule has 0 aromatic heterocycles. The van der Waals surface area contributed by atoms with Gasteiger partial charge in [0.15, 0.2) is 0 Å². The maximum absolute atomic E-state index is 10.8. The lowest BCUT2D eigenvalue weighted by atomic mass is 9.64. The first-order chi connectivity index (χ1) is 7.66. The molecular weight excluding hydrogens is 198 g/mol. The van der Waals surface area contributed by atoms with E-state index in [0.717, 1.165) is 51.4 Å². The molecular formula is C14H23NO. The Morgan fingerprint density at radius 2 is 1.94 bits per heavy atom. The van der Waals surface area contributed by atoms with Crippen molar-refractivity contribution in [3.8, 4) is 6.07 Å². The molecule has 2 atom stereocenters. The number of nitriles is 1. The Labute approximate surface area is 98.7 Å². The normalized spacial score (nSPS) is 38.2. The largest absolute Gasteiger partial charge is 0.388 e. The van der Waals surface area contributed by atoms with E-state index in [-0.39, 0.29) is 0 Å². The quantitative estimate of drug-likeness (QED) is 0.776. The highest BCUT2D eigenvalue weighted by Gasteiger charge is 2.54. The van der Waals surface area contributed by atoms with Gasteiger partial charge >= 0.3 is 0 Å². The number of aliphatic hydroxyl groups is 1. The molecule has 0 bridgehead atoms. The summed E-state index contributed by atoms with van der Waals surface area (Å²) in [5, 5.41) is 20.3. The second-order valence-corrected chi connectivity index (χ2v) is 5.80. The van der Waals surface area contributed by atoms with Crippen LogP contribution >= 0.6 is 0 Å². The number of hydrogen-bond acceptors (Lipinski definition) is 2. The summed E-state index contributed by atoms with van der Waals surface area (Å²) in [6.45, 7) is 2.20. The molecule has 2 aliphatic carbocycles. The molecule has 2 rings (SSSR count). The average molecular weight is 221 g/mol. The highest BCUT2D eigenvalue weighted by molar-refractivity contribution is 5.15. The first-order valence-corrected chi connectivity index (χ1v) is 6.79. The lowest BCUT2D eigenvalue weighted by molar-refractivity contribution is -0.0816. The van der Waals surface area contributed by atoms with Crippen LogP contribution in [-0.4, -0.2) is 10.7 Å². The summed E-state index contributed by atoms with van der Waals surface area (Å²) in [6.07, 6.45) is 9.23. The van der Waals surface area contributed by atoms with E-state index in [1.165, 1.54) is 6.42 Å². The molecule has 2 heteroatoms. The van der Waals surface area contributed by atoms with Crippen LogP contribution in [-0.2, 0) is 0 Å². The van der Waals surface area contributed by atoms with E-state index in [1.54, 1.807) is 0 Å². The van der Waals surface area contributed by atoms with Crippen molar-refractivity contribution in [1.29, 1.82) is 5.26 Å². The number of nitrogens with zero attached hydrogens (tertiary/aromatic N) is 1. The van der Waals surface area contributed by atoms with Crippen molar-refractivity contribution in [1.82, 2.24) is 0 Å². The third kappa shape index (κ3) is 1.76. The summed E-state index contributed by atoms with van der Waals surface area (Å²) in [5.41, 5.74) is -1.10. The zero-order chi connectivity index (χ0) is 11.6. The van der Waals surface area contributed by atoms with Crippen molar-refractivity contribution >= 4 is 0 Å². The predicted octanol–water partition coefficient (Wildman–Crippen LogP) is 3.40. The molecule has 1 N–H and O–H groups in total. The Balaban J connectivity index is 2.18. The molecule has 2 unspecified atom stereocenters. The van der Waals surface area contributed by atoms with Gasteiger partial charge in [0, 0.05) is 0 Å². The first kappa shape index (κ1) is 11.9. The summed E-state index contributed by atoms with van der Waals surface area (Å²) >= 11 is 0. The van der Waals surface area contributed by atoms with Crippen molar-refractivity contribution in [3.05, 3.63) is 0 Å². The molecule has 0 saturated heterocycles. The predicted molar refractivity (Wildman–Crippen MR) is 63.7 cm³/mol. The number of rotatable bonds is 2. The van der Waals surface area contributed by atoms with Crippen LogP contribution in [0.25, 0.3) is 0 Å². The van der Waals surface area contributed by atoms with Gasteiger partial charge in [-0.2, -0.15) is 5.26 Å². The van der Waals surface area contributed by atoms with Crippen LogP contribution in [0.4, 0.5) is 0 Å². The summed E-state index contributed by atoms with van der Waals surface area (Å²) in [6, 6.07) is 2.50. The molecule has 0 aromatic carbocycles. The molecule has 0 aliphatic heterocycles. The van der Waals surface area contributed by atoms with Gasteiger partial charge in [0.25, 0.3) is 0 Å². The van der Waals surface area contributed by atoms with E-state index in [2.05, 4.69) is 13.0 Å². The van der Waals surface area contributed by atoms with Gasteiger partial charge in [-0.1, -0.05) is 32.6 Å². The Kier molecular flexibility index (Phi) is 3.26.